The van der Waals surface area contributed by atoms with Crippen LogP contribution >= 0.6 is 0 Å². The van der Waals surface area contributed by atoms with Crippen LogP contribution in [0, 0.1) is 6.92 Å². The minimum absolute atomic E-state index is 0.125. The molecule has 31 heavy (non-hydrogen) atoms. The van der Waals surface area contributed by atoms with Crippen molar-refractivity contribution < 1.29 is 14.3 Å². The van der Waals surface area contributed by atoms with Gasteiger partial charge in [0, 0.05) is 12.1 Å². The van der Waals surface area contributed by atoms with Crippen LogP contribution in [0.3, 0.4) is 0 Å². The van der Waals surface area contributed by atoms with Gasteiger partial charge in [-0.1, -0.05) is 50.2 Å². The molecule has 0 heterocycles. The van der Waals surface area contributed by atoms with Gasteiger partial charge in [-0.05, 0) is 69.4 Å². The number of nitrogens with zero attached hydrogens (tertiary/aromatic N) is 1. The smallest absolute Gasteiger partial charge is 0.261 e. The molecular formula is C26H36N2O3. The van der Waals surface area contributed by atoms with Crippen LogP contribution in [-0.4, -0.2) is 34.9 Å². The highest BCUT2D eigenvalue weighted by molar-refractivity contribution is 5.88. The molecule has 1 N–H and O–H groups in total. The molecule has 0 unspecified atom stereocenters. The third-order valence-corrected chi connectivity index (χ3v) is 5.18. The quantitative estimate of drug-likeness (QED) is 0.660. The Bertz CT molecular complexity index is 882. The summed E-state index contributed by atoms with van der Waals surface area (Å²) >= 11 is 0. The molecule has 0 aromatic heterocycles. The average molecular weight is 425 g/mol. The summed E-state index contributed by atoms with van der Waals surface area (Å²) in [5, 5.41) is 2.97. The van der Waals surface area contributed by atoms with Crippen LogP contribution in [-0.2, 0) is 16.1 Å². The maximum absolute atomic E-state index is 13.1. The molecule has 0 saturated heterocycles. The van der Waals surface area contributed by atoms with Crippen molar-refractivity contribution in [1.29, 1.82) is 0 Å². The van der Waals surface area contributed by atoms with Gasteiger partial charge in [-0.25, -0.2) is 0 Å². The fourth-order valence-electron chi connectivity index (χ4n) is 3.20. The molecule has 2 aromatic carbocycles. The van der Waals surface area contributed by atoms with Crippen LogP contribution in [0.5, 0.6) is 5.75 Å². The number of carbonyl (C=O) groups excluding carboxylic acids is 2. The monoisotopic (exact) mass is 424 g/mol. The Labute approximate surface area is 186 Å². The molecule has 0 aliphatic carbocycles. The van der Waals surface area contributed by atoms with E-state index in [9.17, 15) is 9.59 Å². The number of rotatable bonds is 8. The second-order valence-electron chi connectivity index (χ2n) is 9.38. The summed E-state index contributed by atoms with van der Waals surface area (Å²) < 4.78 is 5.76. The predicted octanol–water partition coefficient (Wildman–Crippen LogP) is 4.83. The SMILES string of the molecule is Cc1ccccc1CN(C(=O)COc1ccc(C(C)C)cc1)[C@@H](C)C(=O)NC(C)(C)C. The second-order valence-corrected chi connectivity index (χ2v) is 9.38. The van der Waals surface area contributed by atoms with Crippen LogP contribution < -0.4 is 10.1 Å². The van der Waals surface area contributed by atoms with Crippen molar-refractivity contribution in [1.82, 2.24) is 10.2 Å². The van der Waals surface area contributed by atoms with E-state index >= 15 is 0 Å². The summed E-state index contributed by atoms with van der Waals surface area (Å²) in [5.41, 5.74) is 2.92. The third kappa shape index (κ3) is 7.42. The number of benzene rings is 2. The maximum atomic E-state index is 13.1. The lowest BCUT2D eigenvalue weighted by Gasteiger charge is -2.31. The molecule has 2 amide bonds. The van der Waals surface area contributed by atoms with E-state index in [0.717, 1.165) is 11.1 Å². The van der Waals surface area contributed by atoms with Crippen molar-refractivity contribution in [3.05, 3.63) is 65.2 Å². The van der Waals surface area contributed by atoms with Gasteiger partial charge < -0.3 is 15.0 Å². The molecule has 2 aromatic rings. The Morgan fingerprint density at radius 3 is 2.16 bits per heavy atom. The lowest BCUT2D eigenvalue weighted by Crippen LogP contribution is -2.53. The summed E-state index contributed by atoms with van der Waals surface area (Å²) in [7, 11) is 0. The summed E-state index contributed by atoms with van der Waals surface area (Å²) in [6.45, 7) is 14.0. The largest absolute Gasteiger partial charge is 0.484 e. The second kappa shape index (κ2) is 10.5. The van der Waals surface area contributed by atoms with Crippen LogP contribution in [0.15, 0.2) is 48.5 Å². The van der Waals surface area contributed by atoms with Gasteiger partial charge in [-0.3, -0.25) is 9.59 Å². The number of hydrogen-bond acceptors (Lipinski definition) is 3. The average Bonchev–Trinajstić information content (AvgIpc) is 2.70. The molecule has 0 saturated carbocycles. The van der Waals surface area contributed by atoms with Gasteiger partial charge in [-0.2, -0.15) is 0 Å². The van der Waals surface area contributed by atoms with Crippen molar-refractivity contribution in [2.24, 2.45) is 0 Å². The topological polar surface area (TPSA) is 58.6 Å². The lowest BCUT2D eigenvalue weighted by atomic mass is 10.0. The molecule has 2 rings (SSSR count). The van der Waals surface area contributed by atoms with Crippen molar-refractivity contribution >= 4 is 11.8 Å². The summed E-state index contributed by atoms with van der Waals surface area (Å²) in [6, 6.07) is 15.0. The normalized spacial score (nSPS) is 12.4. The number of carbonyl (C=O) groups is 2. The Balaban J connectivity index is 2.16. The van der Waals surface area contributed by atoms with Gasteiger partial charge >= 0.3 is 0 Å². The van der Waals surface area contributed by atoms with Crippen molar-refractivity contribution in [3.8, 4) is 5.75 Å². The zero-order valence-electron chi connectivity index (χ0n) is 19.9. The molecule has 0 aliphatic rings. The first-order chi connectivity index (χ1) is 14.5. The highest BCUT2D eigenvalue weighted by Crippen LogP contribution is 2.19. The summed E-state index contributed by atoms with van der Waals surface area (Å²) in [5.74, 6) is 0.659. The van der Waals surface area contributed by atoms with Gasteiger partial charge in [0.25, 0.3) is 5.91 Å². The van der Waals surface area contributed by atoms with Crippen LogP contribution in [0.1, 0.15) is 64.2 Å². The number of hydrogen-bond donors (Lipinski definition) is 1. The van der Waals surface area contributed by atoms with E-state index in [4.69, 9.17) is 4.74 Å². The first-order valence-corrected chi connectivity index (χ1v) is 10.9. The zero-order valence-corrected chi connectivity index (χ0v) is 19.9. The molecule has 1 atom stereocenters. The minimum Gasteiger partial charge on any atom is -0.484 e. The highest BCUT2D eigenvalue weighted by atomic mass is 16.5. The van der Waals surface area contributed by atoms with E-state index in [1.807, 2.05) is 76.2 Å². The molecule has 168 valence electrons. The standard InChI is InChI=1S/C26H36N2O3/c1-18(2)21-12-14-23(15-13-21)31-17-24(29)28(16-22-11-9-8-10-19(22)3)20(4)25(30)27-26(5,6)7/h8-15,18,20H,16-17H2,1-7H3,(H,27,30)/t20-/m0/s1. The van der Waals surface area contributed by atoms with E-state index in [-0.39, 0.29) is 24.0 Å². The Hall–Kier alpha value is -2.82. The van der Waals surface area contributed by atoms with E-state index in [2.05, 4.69) is 19.2 Å². The molecule has 5 nitrogen and oxygen atoms in total. The molecule has 0 aliphatic heterocycles. The van der Waals surface area contributed by atoms with Gasteiger partial charge in [0.15, 0.2) is 6.61 Å². The fourth-order valence-corrected chi connectivity index (χ4v) is 3.20. The molecular weight excluding hydrogens is 388 g/mol. The van der Waals surface area contributed by atoms with Gasteiger partial charge in [0.05, 0.1) is 0 Å². The number of amides is 2. The van der Waals surface area contributed by atoms with Gasteiger partial charge in [0.1, 0.15) is 11.8 Å². The van der Waals surface area contributed by atoms with Crippen molar-refractivity contribution in [2.75, 3.05) is 6.61 Å². The van der Waals surface area contributed by atoms with E-state index < -0.39 is 6.04 Å². The number of nitrogens with one attached hydrogen (secondary N) is 1. The van der Waals surface area contributed by atoms with Crippen LogP contribution in [0.25, 0.3) is 0 Å². The van der Waals surface area contributed by atoms with Gasteiger partial charge in [-0.15, -0.1) is 0 Å². The number of ether oxygens (including phenoxy) is 1. The van der Waals surface area contributed by atoms with Crippen molar-refractivity contribution in [2.45, 2.75) is 72.5 Å². The lowest BCUT2D eigenvalue weighted by molar-refractivity contribution is -0.142. The summed E-state index contributed by atoms with van der Waals surface area (Å²) in [4.78, 5) is 27.5. The first-order valence-electron chi connectivity index (χ1n) is 10.9. The molecule has 0 bridgehead atoms. The fraction of sp³-hybridized carbons (Fsp3) is 0.462. The highest BCUT2D eigenvalue weighted by Gasteiger charge is 2.29. The van der Waals surface area contributed by atoms with E-state index in [1.165, 1.54) is 5.56 Å². The van der Waals surface area contributed by atoms with Gasteiger partial charge in [0.2, 0.25) is 5.91 Å². The van der Waals surface area contributed by atoms with E-state index in [1.54, 1.807) is 11.8 Å². The molecule has 0 spiro atoms. The van der Waals surface area contributed by atoms with Crippen LogP contribution in [0.4, 0.5) is 0 Å². The third-order valence-electron chi connectivity index (χ3n) is 5.18. The zero-order chi connectivity index (χ0) is 23.2. The first kappa shape index (κ1) is 24.4. The van der Waals surface area contributed by atoms with Crippen LogP contribution in [0.2, 0.25) is 0 Å². The molecule has 0 radical (unpaired) electrons. The summed E-state index contributed by atoms with van der Waals surface area (Å²) in [6.07, 6.45) is 0. The minimum atomic E-state index is -0.627. The Kier molecular flexibility index (Phi) is 8.26. The van der Waals surface area contributed by atoms with E-state index in [0.29, 0.717) is 18.2 Å². The maximum Gasteiger partial charge on any atom is 0.261 e. The Morgan fingerprint density at radius 1 is 1.00 bits per heavy atom. The number of aryl methyl sites for hydroxylation is 1. The Morgan fingerprint density at radius 2 is 1.61 bits per heavy atom. The molecule has 5 heteroatoms. The van der Waals surface area contributed by atoms with Crippen molar-refractivity contribution in [3.63, 3.8) is 0 Å². The predicted molar refractivity (Wildman–Crippen MR) is 125 cm³/mol. The molecule has 0 fully saturated rings.